The van der Waals surface area contributed by atoms with Crippen molar-refractivity contribution >= 4 is 23.1 Å². The topological polar surface area (TPSA) is 70.1 Å². The highest BCUT2D eigenvalue weighted by atomic mass is 16.5. The molecule has 1 unspecified atom stereocenters. The lowest BCUT2D eigenvalue weighted by molar-refractivity contribution is -0.120. The maximum absolute atomic E-state index is 13.7. The van der Waals surface area contributed by atoms with Crippen molar-refractivity contribution in [2.75, 3.05) is 31.2 Å². The van der Waals surface area contributed by atoms with E-state index >= 15 is 0 Å². The Kier molecular flexibility index (Phi) is 6.33. The summed E-state index contributed by atoms with van der Waals surface area (Å²) in [6, 6.07) is 13.1. The fourth-order valence-corrected chi connectivity index (χ4v) is 4.65. The third-order valence-corrected chi connectivity index (χ3v) is 6.20. The predicted octanol–water partition coefficient (Wildman–Crippen LogP) is 3.69. The van der Waals surface area contributed by atoms with Crippen LogP contribution < -0.4 is 9.64 Å². The van der Waals surface area contributed by atoms with Crippen LogP contribution in [0.5, 0.6) is 5.75 Å². The van der Waals surface area contributed by atoms with Crippen molar-refractivity contribution in [2.45, 2.75) is 33.6 Å². The van der Waals surface area contributed by atoms with Gasteiger partial charge in [0.25, 0.3) is 11.8 Å². The van der Waals surface area contributed by atoms with Crippen LogP contribution in [0.15, 0.2) is 48.2 Å². The summed E-state index contributed by atoms with van der Waals surface area (Å²) in [6.07, 6.45) is 1.79. The van der Waals surface area contributed by atoms with Crippen LogP contribution in [-0.2, 0) is 9.59 Å². The van der Waals surface area contributed by atoms with Crippen LogP contribution in [0.4, 0.5) is 5.69 Å². The van der Waals surface area contributed by atoms with Crippen LogP contribution in [0.1, 0.15) is 36.5 Å². The molecule has 2 amide bonds. The van der Waals surface area contributed by atoms with Crippen LogP contribution in [-0.4, -0.2) is 48.1 Å². The van der Waals surface area contributed by atoms with Crippen LogP contribution in [0.2, 0.25) is 0 Å². The standard InChI is InChI=1S/C26H30N2O4/c1-4-32-21-10-8-20(9-11-21)23-24(27-13-5-6-19(15-27)16-29)26(31)28(25(23)30)22-12-7-17(2)14-18(22)3/h7-12,14,19,29H,4-6,13,15-16H2,1-3H3. The van der Waals surface area contributed by atoms with Gasteiger partial charge in [-0.1, -0.05) is 29.8 Å². The van der Waals surface area contributed by atoms with Gasteiger partial charge >= 0.3 is 0 Å². The van der Waals surface area contributed by atoms with Crippen LogP contribution >= 0.6 is 0 Å². The van der Waals surface area contributed by atoms with Gasteiger partial charge in [-0.3, -0.25) is 9.59 Å². The van der Waals surface area contributed by atoms with Crippen molar-refractivity contribution in [3.05, 3.63) is 64.9 Å². The van der Waals surface area contributed by atoms with E-state index in [1.54, 1.807) is 0 Å². The zero-order valence-corrected chi connectivity index (χ0v) is 18.9. The van der Waals surface area contributed by atoms with E-state index in [9.17, 15) is 14.7 Å². The minimum Gasteiger partial charge on any atom is -0.494 e. The smallest absolute Gasteiger partial charge is 0.282 e. The number of piperidine rings is 1. The number of benzene rings is 2. The highest BCUT2D eigenvalue weighted by Gasteiger charge is 2.43. The molecule has 32 heavy (non-hydrogen) atoms. The van der Waals surface area contributed by atoms with Gasteiger partial charge in [-0.25, -0.2) is 4.90 Å². The molecule has 0 aromatic heterocycles. The maximum Gasteiger partial charge on any atom is 0.282 e. The molecule has 1 N–H and O–H groups in total. The Morgan fingerprint density at radius 1 is 1.06 bits per heavy atom. The maximum atomic E-state index is 13.7. The fraction of sp³-hybridized carbons (Fsp3) is 0.385. The number of aliphatic hydroxyl groups excluding tert-OH is 1. The number of ether oxygens (including phenoxy) is 1. The SMILES string of the molecule is CCOc1ccc(C2=C(N3CCCC(CO)C3)C(=O)N(c3ccc(C)cc3C)C2=O)cc1. The summed E-state index contributed by atoms with van der Waals surface area (Å²) < 4.78 is 5.54. The normalized spacial score (nSPS) is 19.2. The number of hydrogen-bond donors (Lipinski definition) is 1. The number of amides is 2. The lowest BCUT2D eigenvalue weighted by Gasteiger charge is -2.34. The summed E-state index contributed by atoms with van der Waals surface area (Å²) in [7, 11) is 0. The molecule has 0 radical (unpaired) electrons. The molecule has 168 valence electrons. The fourth-order valence-electron chi connectivity index (χ4n) is 4.65. The van der Waals surface area contributed by atoms with E-state index in [4.69, 9.17) is 4.74 Å². The lowest BCUT2D eigenvalue weighted by Crippen LogP contribution is -2.40. The van der Waals surface area contributed by atoms with Gasteiger partial charge < -0.3 is 14.7 Å². The third kappa shape index (κ3) is 4.02. The van der Waals surface area contributed by atoms with Crippen LogP contribution in [0.3, 0.4) is 0 Å². The molecule has 0 bridgehead atoms. The Bertz CT molecular complexity index is 1060. The summed E-state index contributed by atoms with van der Waals surface area (Å²) in [5, 5.41) is 9.71. The van der Waals surface area contributed by atoms with Crippen molar-refractivity contribution < 1.29 is 19.4 Å². The average molecular weight is 435 g/mol. The number of aliphatic hydroxyl groups is 1. The first-order valence-corrected chi connectivity index (χ1v) is 11.2. The van der Waals surface area contributed by atoms with Gasteiger partial charge in [0.2, 0.25) is 0 Å². The number of rotatable bonds is 6. The summed E-state index contributed by atoms with van der Waals surface area (Å²) in [4.78, 5) is 30.7. The monoisotopic (exact) mass is 434 g/mol. The molecular formula is C26H30N2O4. The van der Waals surface area contributed by atoms with E-state index in [1.807, 2.05) is 68.1 Å². The van der Waals surface area contributed by atoms with E-state index in [0.29, 0.717) is 42.2 Å². The Morgan fingerprint density at radius 2 is 1.81 bits per heavy atom. The number of carbonyl (C=O) groups excluding carboxylic acids is 2. The van der Waals surface area contributed by atoms with E-state index in [-0.39, 0.29) is 24.3 Å². The van der Waals surface area contributed by atoms with E-state index in [2.05, 4.69) is 0 Å². The molecule has 0 aliphatic carbocycles. The number of nitrogens with zero attached hydrogens (tertiary/aromatic N) is 2. The Labute approximate surface area is 189 Å². The summed E-state index contributed by atoms with van der Waals surface area (Å²) in [6.45, 7) is 7.70. The summed E-state index contributed by atoms with van der Waals surface area (Å²) >= 11 is 0. The molecule has 2 aromatic carbocycles. The van der Waals surface area contributed by atoms with Gasteiger partial charge in [-0.15, -0.1) is 0 Å². The molecule has 1 saturated heterocycles. The molecule has 2 aliphatic rings. The molecule has 0 spiro atoms. The highest BCUT2D eigenvalue weighted by Crippen LogP contribution is 2.38. The van der Waals surface area contributed by atoms with Crippen molar-refractivity contribution in [3.8, 4) is 5.75 Å². The van der Waals surface area contributed by atoms with E-state index in [1.165, 1.54) is 4.90 Å². The number of imide groups is 1. The lowest BCUT2D eigenvalue weighted by atomic mass is 9.97. The molecular weight excluding hydrogens is 404 g/mol. The molecule has 0 saturated carbocycles. The number of aryl methyl sites for hydroxylation is 2. The Balaban J connectivity index is 1.80. The van der Waals surface area contributed by atoms with Crippen molar-refractivity contribution in [1.82, 2.24) is 4.90 Å². The molecule has 4 rings (SSSR count). The molecule has 6 heteroatoms. The third-order valence-electron chi connectivity index (χ3n) is 6.20. The minimum absolute atomic E-state index is 0.0745. The first-order chi connectivity index (χ1) is 15.4. The number of likely N-dealkylation sites (tertiary alicyclic amines) is 1. The van der Waals surface area contributed by atoms with Crippen LogP contribution in [0.25, 0.3) is 5.57 Å². The van der Waals surface area contributed by atoms with Crippen molar-refractivity contribution in [1.29, 1.82) is 0 Å². The second-order valence-electron chi connectivity index (χ2n) is 8.55. The molecule has 2 heterocycles. The van der Waals surface area contributed by atoms with Gasteiger partial charge in [-0.2, -0.15) is 0 Å². The van der Waals surface area contributed by atoms with E-state index in [0.717, 1.165) is 29.7 Å². The molecule has 6 nitrogen and oxygen atoms in total. The second kappa shape index (κ2) is 9.17. The molecule has 1 atom stereocenters. The molecule has 2 aromatic rings. The number of anilines is 1. The van der Waals surface area contributed by atoms with Gasteiger partial charge in [0.15, 0.2) is 0 Å². The minimum atomic E-state index is -0.313. The van der Waals surface area contributed by atoms with E-state index < -0.39 is 0 Å². The van der Waals surface area contributed by atoms with Gasteiger partial charge in [0, 0.05) is 19.7 Å². The zero-order valence-electron chi connectivity index (χ0n) is 18.9. The zero-order chi connectivity index (χ0) is 22.8. The average Bonchev–Trinajstić information content (AvgIpc) is 3.05. The predicted molar refractivity (Wildman–Crippen MR) is 124 cm³/mol. The Hall–Kier alpha value is -3.12. The number of hydrogen-bond acceptors (Lipinski definition) is 5. The molecule has 1 fully saturated rings. The van der Waals surface area contributed by atoms with Gasteiger partial charge in [0.1, 0.15) is 11.4 Å². The first kappa shape index (κ1) is 22.1. The Morgan fingerprint density at radius 3 is 2.47 bits per heavy atom. The second-order valence-corrected chi connectivity index (χ2v) is 8.55. The largest absolute Gasteiger partial charge is 0.494 e. The van der Waals surface area contributed by atoms with Crippen LogP contribution in [0, 0.1) is 19.8 Å². The van der Waals surface area contributed by atoms with Gasteiger partial charge in [0.05, 0.1) is 17.9 Å². The molecule has 2 aliphatic heterocycles. The quantitative estimate of drug-likeness (QED) is 0.703. The van der Waals surface area contributed by atoms with Crippen molar-refractivity contribution in [3.63, 3.8) is 0 Å². The highest BCUT2D eigenvalue weighted by molar-refractivity contribution is 6.45. The first-order valence-electron chi connectivity index (χ1n) is 11.2. The van der Waals surface area contributed by atoms with Crippen molar-refractivity contribution in [2.24, 2.45) is 5.92 Å². The summed E-state index contributed by atoms with van der Waals surface area (Å²) in [5.41, 5.74) is 4.10. The van der Waals surface area contributed by atoms with Gasteiger partial charge in [-0.05, 0) is 68.9 Å². The number of carbonyl (C=O) groups is 2. The summed E-state index contributed by atoms with van der Waals surface area (Å²) in [5.74, 6) is 0.201.